The van der Waals surface area contributed by atoms with Crippen LogP contribution in [0.4, 0.5) is 0 Å². The van der Waals surface area contributed by atoms with Gasteiger partial charge in [0, 0.05) is 11.9 Å². The van der Waals surface area contributed by atoms with Crippen molar-refractivity contribution in [3.05, 3.63) is 30.1 Å². The molecule has 0 aromatic carbocycles. The van der Waals surface area contributed by atoms with Crippen LogP contribution in [0.1, 0.15) is 18.5 Å². The van der Waals surface area contributed by atoms with E-state index in [1.807, 2.05) is 12.3 Å². The first-order chi connectivity index (χ1) is 6.45. The van der Waals surface area contributed by atoms with Gasteiger partial charge in [-0.2, -0.15) is 0 Å². The van der Waals surface area contributed by atoms with Crippen LogP contribution in [0.2, 0.25) is 0 Å². The zero-order valence-electron chi connectivity index (χ0n) is 7.87. The fraction of sp³-hybridized carbons (Fsp3) is 0.545. The Balaban J connectivity index is 1.90. The van der Waals surface area contributed by atoms with Crippen LogP contribution in [0.15, 0.2) is 24.4 Å². The maximum absolute atomic E-state index is 4.35. The summed E-state index contributed by atoms with van der Waals surface area (Å²) in [6.45, 7) is 2.36. The van der Waals surface area contributed by atoms with Crippen molar-refractivity contribution in [2.24, 2.45) is 5.92 Å². The predicted molar refractivity (Wildman–Crippen MR) is 53.5 cm³/mol. The Kier molecular flexibility index (Phi) is 2.93. The van der Waals surface area contributed by atoms with Crippen molar-refractivity contribution in [1.29, 1.82) is 0 Å². The zero-order valence-corrected chi connectivity index (χ0v) is 7.87. The number of pyridine rings is 1. The fourth-order valence-corrected chi connectivity index (χ4v) is 1.91. The standard InChI is InChI=1S/C11H16N2/c1-2-7-13-11(5-1)8-10-4-3-6-12-9-10/h1-2,5,7,10,12H,3-4,6,8-9H2. The van der Waals surface area contributed by atoms with E-state index in [1.165, 1.54) is 25.1 Å². The third-order valence-electron chi connectivity index (χ3n) is 2.62. The first-order valence-corrected chi connectivity index (χ1v) is 5.06. The van der Waals surface area contributed by atoms with Gasteiger partial charge in [0.25, 0.3) is 0 Å². The Bertz CT molecular complexity index is 240. The molecule has 2 rings (SSSR count). The van der Waals surface area contributed by atoms with Gasteiger partial charge in [-0.15, -0.1) is 0 Å². The zero-order chi connectivity index (χ0) is 8.93. The number of nitrogens with one attached hydrogen (secondary N) is 1. The molecule has 1 aromatic heterocycles. The van der Waals surface area contributed by atoms with Gasteiger partial charge >= 0.3 is 0 Å². The topological polar surface area (TPSA) is 24.9 Å². The molecule has 13 heavy (non-hydrogen) atoms. The van der Waals surface area contributed by atoms with Gasteiger partial charge in [0.1, 0.15) is 0 Å². The molecule has 0 saturated carbocycles. The Morgan fingerprint density at radius 3 is 3.15 bits per heavy atom. The third kappa shape index (κ3) is 2.52. The molecule has 1 unspecified atom stereocenters. The quantitative estimate of drug-likeness (QED) is 0.740. The van der Waals surface area contributed by atoms with Crippen LogP contribution in [0.25, 0.3) is 0 Å². The summed E-state index contributed by atoms with van der Waals surface area (Å²) >= 11 is 0. The number of piperidine rings is 1. The van der Waals surface area contributed by atoms with Gasteiger partial charge in [0.15, 0.2) is 0 Å². The summed E-state index contributed by atoms with van der Waals surface area (Å²) in [5, 5.41) is 3.43. The van der Waals surface area contributed by atoms with Gasteiger partial charge in [0.05, 0.1) is 0 Å². The molecule has 0 aliphatic carbocycles. The van der Waals surface area contributed by atoms with Crippen molar-refractivity contribution in [3.8, 4) is 0 Å². The average molecular weight is 176 g/mol. The molecular weight excluding hydrogens is 160 g/mol. The second-order valence-electron chi connectivity index (χ2n) is 3.74. The molecule has 2 nitrogen and oxygen atoms in total. The lowest BCUT2D eigenvalue weighted by atomic mass is 9.94. The molecule has 2 heteroatoms. The Morgan fingerprint density at radius 2 is 2.46 bits per heavy atom. The smallest absolute Gasteiger partial charge is 0.0406 e. The molecule has 1 atom stereocenters. The van der Waals surface area contributed by atoms with E-state index >= 15 is 0 Å². The number of rotatable bonds is 2. The predicted octanol–water partition coefficient (Wildman–Crippen LogP) is 1.62. The van der Waals surface area contributed by atoms with E-state index in [2.05, 4.69) is 22.4 Å². The largest absolute Gasteiger partial charge is 0.316 e. The molecule has 1 aliphatic rings. The highest BCUT2D eigenvalue weighted by molar-refractivity contribution is 5.04. The highest BCUT2D eigenvalue weighted by Gasteiger charge is 2.13. The van der Waals surface area contributed by atoms with Crippen LogP contribution in [-0.2, 0) is 6.42 Å². The SMILES string of the molecule is c1ccc(CC2CCCNC2)nc1. The number of hydrogen-bond donors (Lipinski definition) is 1. The Morgan fingerprint density at radius 1 is 1.46 bits per heavy atom. The minimum absolute atomic E-state index is 0.795. The van der Waals surface area contributed by atoms with E-state index < -0.39 is 0 Å². The van der Waals surface area contributed by atoms with E-state index in [9.17, 15) is 0 Å². The molecule has 1 fully saturated rings. The van der Waals surface area contributed by atoms with E-state index in [-0.39, 0.29) is 0 Å². The minimum atomic E-state index is 0.795. The van der Waals surface area contributed by atoms with E-state index in [4.69, 9.17) is 0 Å². The van der Waals surface area contributed by atoms with Crippen molar-refractivity contribution >= 4 is 0 Å². The van der Waals surface area contributed by atoms with Crippen LogP contribution < -0.4 is 5.32 Å². The lowest BCUT2D eigenvalue weighted by molar-refractivity contribution is 0.373. The van der Waals surface area contributed by atoms with Gasteiger partial charge in [-0.1, -0.05) is 6.07 Å². The molecule has 1 aliphatic heterocycles. The van der Waals surface area contributed by atoms with Crippen LogP contribution in [0.3, 0.4) is 0 Å². The highest BCUT2D eigenvalue weighted by Crippen LogP contribution is 2.14. The second kappa shape index (κ2) is 4.38. The van der Waals surface area contributed by atoms with Gasteiger partial charge < -0.3 is 5.32 Å². The summed E-state index contributed by atoms with van der Waals surface area (Å²) in [5.41, 5.74) is 1.23. The van der Waals surface area contributed by atoms with Crippen molar-refractivity contribution < 1.29 is 0 Å². The van der Waals surface area contributed by atoms with Crippen LogP contribution >= 0.6 is 0 Å². The Labute approximate surface area is 79.4 Å². The molecular formula is C11H16N2. The fourth-order valence-electron chi connectivity index (χ4n) is 1.91. The lowest BCUT2D eigenvalue weighted by Gasteiger charge is -2.22. The molecule has 2 heterocycles. The average Bonchev–Trinajstić information content (AvgIpc) is 2.21. The number of nitrogens with zero attached hydrogens (tertiary/aromatic N) is 1. The minimum Gasteiger partial charge on any atom is -0.316 e. The van der Waals surface area contributed by atoms with Crippen LogP contribution in [0.5, 0.6) is 0 Å². The molecule has 1 aromatic rings. The van der Waals surface area contributed by atoms with E-state index in [0.29, 0.717) is 0 Å². The van der Waals surface area contributed by atoms with Crippen molar-refractivity contribution in [2.75, 3.05) is 13.1 Å². The lowest BCUT2D eigenvalue weighted by Crippen LogP contribution is -2.30. The molecule has 1 N–H and O–H groups in total. The summed E-state index contributed by atoms with van der Waals surface area (Å²) < 4.78 is 0. The molecule has 0 bridgehead atoms. The van der Waals surface area contributed by atoms with Crippen LogP contribution in [-0.4, -0.2) is 18.1 Å². The molecule has 0 amide bonds. The van der Waals surface area contributed by atoms with E-state index in [1.54, 1.807) is 0 Å². The normalized spacial score (nSPS) is 22.9. The molecule has 70 valence electrons. The molecule has 1 saturated heterocycles. The summed E-state index contributed by atoms with van der Waals surface area (Å²) in [6, 6.07) is 6.16. The van der Waals surface area contributed by atoms with Crippen molar-refractivity contribution in [2.45, 2.75) is 19.3 Å². The van der Waals surface area contributed by atoms with Gasteiger partial charge in [-0.25, -0.2) is 0 Å². The maximum Gasteiger partial charge on any atom is 0.0406 e. The maximum atomic E-state index is 4.35. The summed E-state index contributed by atoms with van der Waals surface area (Å²) in [7, 11) is 0. The van der Waals surface area contributed by atoms with Gasteiger partial charge in [-0.05, 0) is 50.4 Å². The Hall–Kier alpha value is -0.890. The number of aromatic nitrogens is 1. The van der Waals surface area contributed by atoms with Crippen molar-refractivity contribution in [1.82, 2.24) is 10.3 Å². The highest BCUT2D eigenvalue weighted by atomic mass is 14.9. The van der Waals surface area contributed by atoms with E-state index in [0.717, 1.165) is 18.9 Å². The molecule has 0 spiro atoms. The summed E-state index contributed by atoms with van der Waals surface area (Å²) in [4.78, 5) is 4.35. The van der Waals surface area contributed by atoms with Gasteiger partial charge in [0.2, 0.25) is 0 Å². The molecule has 0 radical (unpaired) electrons. The monoisotopic (exact) mass is 176 g/mol. The number of hydrogen-bond acceptors (Lipinski definition) is 2. The first-order valence-electron chi connectivity index (χ1n) is 5.06. The van der Waals surface area contributed by atoms with Gasteiger partial charge in [-0.3, -0.25) is 4.98 Å². The third-order valence-corrected chi connectivity index (χ3v) is 2.62. The summed E-state index contributed by atoms with van der Waals surface area (Å²) in [5.74, 6) is 0.795. The summed E-state index contributed by atoms with van der Waals surface area (Å²) in [6.07, 6.45) is 5.68. The van der Waals surface area contributed by atoms with Crippen molar-refractivity contribution in [3.63, 3.8) is 0 Å². The second-order valence-corrected chi connectivity index (χ2v) is 3.74. The van der Waals surface area contributed by atoms with Crippen LogP contribution in [0, 0.1) is 5.92 Å². The first kappa shape index (κ1) is 8.70.